The first kappa shape index (κ1) is 18.7. The summed E-state index contributed by atoms with van der Waals surface area (Å²) in [5.41, 5.74) is 3.63. The SMILES string of the molecule is O=C1Nc2ccc(C#CCc3ccccc3)cc2C(=O)/C1=C\c1ccc(Cl)cc1. The third-order valence-corrected chi connectivity index (χ3v) is 4.80. The van der Waals surface area contributed by atoms with Gasteiger partial charge in [-0.1, -0.05) is 65.9 Å². The van der Waals surface area contributed by atoms with Crippen LogP contribution in [-0.4, -0.2) is 11.7 Å². The minimum absolute atomic E-state index is 0.0919. The quantitative estimate of drug-likeness (QED) is 0.369. The van der Waals surface area contributed by atoms with Crippen LogP contribution in [0.5, 0.6) is 0 Å². The number of nitrogens with one attached hydrogen (secondary N) is 1. The molecule has 0 aliphatic carbocycles. The number of rotatable bonds is 2. The molecule has 4 heteroatoms. The van der Waals surface area contributed by atoms with Gasteiger partial charge in [-0.05, 0) is 47.5 Å². The summed E-state index contributed by atoms with van der Waals surface area (Å²) >= 11 is 5.90. The molecule has 0 radical (unpaired) electrons. The normalized spacial score (nSPS) is 14.0. The van der Waals surface area contributed by atoms with Crippen LogP contribution in [0.3, 0.4) is 0 Å². The van der Waals surface area contributed by atoms with Gasteiger partial charge in [0.15, 0.2) is 0 Å². The lowest BCUT2D eigenvalue weighted by Crippen LogP contribution is -2.27. The van der Waals surface area contributed by atoms with Gasteiger partial charge in [-0.25, -0.2) is 0 Å². The molecular weight excluding hydrogens is 382 g/mol. The lowest BCUT2D eigenvalue weighted by atomic mass is 9.94. The molecule has 1 aliphatic rings. The smallest absolute Gasteiger partial charge is 0.259 e. The van der Waals surface area contributed by atoms with Crippen molar-refractivity contribution in [1.29, 1.82) is 0 Å². The van der Waals surface area contributed by atoms with Crippen molar-refractivity contribution < 1.29 is 9.59 Å². The number of Topliss-reactive ketones (excluding diaryl/α,β-unsaturated/α-hetero) is 1. The van der Waals surface area contributed by atoms with E-state index in [9.17, 15) is 9.59 Å². The van der Waals surface area contributed by atoms with E-state index < -0.39 is 5.91 Å². The fourth-order valence-corrected chi connectivity index (χ4v) is 3.18. The van der Waals surface area contributed by atoms with Crippen molar-refractivity contribution in [2.75, 3.05) is 5.32 Å². The van der Waals surface area contributed by atoms with E-state index in [2.05, 4.69) is 17.2 Å². The molecule has 0 atom stereocenters. The number of carbonyl (C=O) groups excluding carboxylic acids is 2. The van der Waals surface area contributed by atoms with Gasteiger partial charge in [-0.2, -0.15) is 0 Å². The summed E-state index contributed by atoms with van der Waals surface area (Å²) in [6, 6.07) is 22.2. The van der Waals surface area contributed by atoms with E-state index in [1.54, 1.807) is 48.5 Å². The standard InChI is InChI=1S/C25H16ClNO2/c26-20-12-9-19(10-13-20)16-22-24(28)21-15-18(11-14-23(21)27-25(22)29)8-4-7-17-5-2-1-3-6-17/h1-3,5-6,9-16H,7H2,(H,27,29)/b22-16+. The van der Waals surface area contributed by atoms with Crippen molar-refractivity contribution in [3.63, 3.8) is 0 Å². The summed E-state index contributed by atoms with van der Waals surface area (Å²) < 4.78 is 0. The number of fused-ring (bicyclic) bond motifs is 1. The zero-order valence-electron chi connectivity index (χ0n) is 15.4. The van der Waals surface area contributed by atoms with Gasteiger partial charge in [-0.15, -0.1) is 0 Å². The Kier molecular flexibility index (Phi) is 5.29. The highest BCUT2D eigenvalue weighted by molar-refractivity contribution is 6.36. The molecule has 0 unspecified atom stereocenters. The van der Waals surface area contributed by atoms with E-state index in [-0.39, 0.29) is 11.4 Å². The molecular formula is C25H16ClNO2. The largest absolute Gasteiger partial charge is 0.321 e. The van der Waals surface area contributed by atoms with Crippen LogP contribution in [0.15, 0.2) is 78.4 Å². The Bertz CT molecular complexity index is 1180. The molecule has 1 N–H and O–H groups in total. The van der Waals surface area contributed by atoms with Gasteiger partial charge in [0.1, 0.15) is 0 Å². The molecule has 140 valence electrons. The lowest BCUT2D eigenvalue weighted by Gasteiger charge is -2.18. The maximum Gasteiger partial charge on any atom is 0.259 e. The fourth-order valence-electron chi connectivity index (χ4n) is 3.06. The van der Waals surface area contributed by atoms with Crippen LogP contribution in [0, 0.1) is 11.8 Å². The molecule has 1 amide bonds. The van der Waals surface area contributed by atoms with E-state index in [0.717, 1.165) is 16.7 Å². The second-order valence-electron chi connectivity index (χ2n) is 6.62. The Balaban J connectivity index is 1.61. The van der Waals surface area contributed by atoms with Gasteiger partial charge in [-0.3, -0.25) is 9.59 Å². The van der Waals surface area contributed by atoms with Crippen molar-refractivity contribution in [3.8, 4) is 11.8 Å². The van der Waals surface area contributed by atoms with Gasteiger partial charge in [0.25, 0.3) is 5.91 Å². The summed E-state index contributed by atoms with van der Waals surface area (Å²) in [6.45, 7) is 0. The number of ketones is 1. The number of halogens is 1. The minimum atomic E-state index is -0.416. The molecule has 0 fully saturated rings. The van der Waals surface area contributed by atoms with E-state index >= 15 is 0 Å². The Hall–Kier alpha value is -3.61. The molecule has 1 aliphatic heterocycles. The molecule has 3 aromatic rings. The molecule has 29 heavy (non-hydrogen) atoms. The Labute approximate surface area is 174 Å². The van der Waals surface area contributed by atoms with Crippen molar-refractivity contribution in [1.82, 2.24) is 0 Å². The van der Waals surface area contributed by atoms with E-state index in [4.69, 9.17) is 11.6 Å². The number of hydrogen-bond donors (Lipinski definition) is 1. The van der Waals surface area contributed by atoms with Crippen LogP contribution >= 0.6 is 11.6 Å². The number of carbonyl (C=O) groups is 2. The third kappa shape index (κ3) is 4.29. The van der Waals surface area contributed by atoms with Crippen LogP contribution in [-0.2, 0) is 11.2 Å². The monoisotopic (exact) mass is 397 g/mol. The zero-order chi connectivity index (χ0) is 20.2. The maximum atomic E-state index is 12.9. The maximum absolute atomic E-state index is 12.9. The topological polar surface area (TPSA) is 46.2 Å². The number of anilines is 1. The fraction of sp³-hybridized carbons (Fsp3) is 0.0400. The molecule has 0 saturated heterocycles. The second-order valence-corrected chi connectivity index (χ2v) is 7.05. The van der Waals surface area contributed by atoms with Crippen molar-refractivity contribution >= 4 is 35.1 Å². The van der Waals surface area contributed by atoms with Gasteiger partial charge >= 0.3 is 0 Å². The highest BCUT2D eigenvalue weighted by atomic mass is 35.5. The third-order valence-electron chi connectivity index (χ3n) is 4.55. The number of amides is 1. The Morgan fingerprint density at radius 1 is 0.931 bits per heavy atom. The summed E-state index contributed by atoms with van der Waals surface area (Å²) in [5.74, 6) is 5.49. The summed E-state index contributed by atoms with van der Waals surface area (Å²) in [6.07, 6.45) is 2.20. The number of hydrogen-bond acceptors (Lipinski definition) is 2. The Morgan fingerprint density at radius 2 is 1.69 bits per heavy atom. The number of benzene rings is 3. The summed E-state index contributed by atoms with van der Waals surface area (Å²) in [4.78, 5) is 25.3. The average molecular weight is 398 g/mol. The average Bonchev–Trinajstić information content (AvgIpc) is 2.74. The van der Waals surface area contributed by atoms with E-state index in [1.807, 2.05) is 30.3 Å². The molecule has 0 spiro atoms. The summed E-state index contributed by atoms with van der Waals surface area (Å²) in [5, 5.41) is 3.37. The van der Waals surface area contributed by atoms with Gasteiger partial charge in [0.2, 0.25) is 5.78 Å². The Morgan fingerprint density at radius 3 is 2.45 bits per heavy atom. The molecule has 3 nitrogen and oxygen atoms in total. The van der Waals surface area contributed by atoms with E-state index in [0.29, 0.717) is 22.7 Å². The first-order chi connectivity index (χ1) is 14.1. The predicted molar refractivity (Wildman–Crippen MR) is 116 cm³/mol. The van der Waals surface area contributed by atoms with Crippen molar-refractivity contribution in [3.05, 3.63) is 106 Å². The van der Waals surface area contributed by atoms with Crippen LogP contribution in [0.25, 0.3) is 6.08 Å². The minimum Gasteiger partial charge on any atom is -0.321 e. The lowest BCUT2D eigenvalue weighted by molar-refractivity contribution is -0.112. The highest BCUT2D eigenvalue weighted by Gasteiger charge is 2.28. The first-order valence-electron chi connectivity index (χ1n) is 9.10. The van der Waals surface area contributed by atoms with Gasteiger partial charge in [0, 0.05) is 22.6 Å². The molecule has 4 rings (SSSR count). The first-order valence-corrected chi connectivity index (χ1v) is 9.48. The van der Waals surface area contributed by atoms with E-state index in [1.165, 1.54) is 0 Å². The highest BCUT2D eigenvalue weighted by Crippen LogP contribution is 2.27. The second kappa shape index (κ2) is 8.18. The van der Waals surface area contributed by atoms with Crippen molar-refractivity contribution in [2.45, 2.75) is 6.42 Å². The molecule has 0 aromatic heterocycles. The van der Waals surface area contributed by atoms with Crippen LogP contribution < -0.4 is 5.32 Å². The van der Waals surface area contributed by atoms with Crippen LogP contribution in [0.2, 0.25) is 5.02 Å². The van der Waals surface area contributed by atoms with Gasteiger partial charge in [0.05, 0.1) is 11.3 Å². The molecule has 0 saturated carbocycles. The summed E-state index contributed by atoms with van der Waals surface area (Å²) in [7, 11) is 0. The van der Waals surface area contributed by atoms with Crippen LogP contribution in [0.1, 0.15) is 27.0 Å². The molecule has 3 aromatic carbocycles. The molecule has 1 heterocycles. The van der Waals surface area contributed by atoms with Gasteiger partial charge < -0.3 is 5.32 Å². The molecule has 0 bridgehead atoms. The van der Waals surface area contributed by atoms with Crippen molar-refractivity contribution in [2.24, 2.45) is 0 Å². The zero-order valence-corrected chi connectivity index (χ0v) is 16.2. The predicted octanol–water partition coefficient (Wildman–Crippen LogP) is 5.15. The van der Waals surface area contributed by atoms with Crippen LogP contribution in [0.4, 0.5) is 5.69 Å².